The van der Waals surface area contributed by atoms with E-state index in [9.17, 15) is 4.79 Å². The van der Waals surface area contributed by atoms with Crippen molar-refractivity contribution in [2.75, 3.05) is 20.1 Å². The van der Waals surface area contributed by atoms with Crippen molar-refractivity contribution in [2.24, 2.45) is 5.92 Å². The van der Waals surface area contributed by atoms with Crippen LogP contribution in [0.1, 0.15) is 31.4 Å². The zero-order valence-corrected chi connectivity index (χ0v) is 13.5. The Balaban J connectivity index is 0.00000200. The molecule has 0 aromatic heterocycles. The summed E-state index contributed by atoms with van der Waals surface area (Å²) >= 11 is 5.87. The van der Waals surface area contributed by atoms with E-state index in [0.717, 1.165) is 23.0 Å². The Kier molecular flexibility index (Phi) is 6.80. The molecule has 0 spiro atoms. The molecule has 2 rings (SSSR count). The Bertz CT molecular complexity index is 432. The molecule has 0 saturated heterocycles. The second-order valence-corrected chi connectivity index (χ2v) is 5.74. The van der Waals surface area contributed by atoms with Crippen LogP contribution < -0.4 is 5.32 Å². The number of hydrogen-bond acceptors (Lipinski definition) is 2. The van der Waals surface area contributed by atoms with Gasteiger partial charge >= 0.3 is 0 Å². The predicted molar refractivity (Wildman–Crippen MR) is 85.5 cm³/mol. The van der Waals surface area contributed by atoms with E-state index in [1.807, 2.05) is 38.2 Å². The van der Waals surface area contributed by atoms with Gasteiger partial charge in [0.05, 0.1) is 12.6 Å². The van der Waals surface area contributed by atoms with Crippen molar-refractivity contribution in [2.45, 2.75) is 25.8 Å². The summed E-state index contributed by atoms with van der Waals surface area (Å²) in [5.41, 5.74) is 1.10. The Morgan fingerprint density at radius 1 is 1.40 bits per heavy atom. The molecule has 1 amide bonds. The quantitative estimate of drug-likeness (QED) is 0.873. The maximum Gasteiger partial charge on any atom is 0.236 e. The number of hydrogen-bond donors (Lipinski definition) is 1. The first-order valence-corrected chi connectivity index (χ1v) is 7.17. The second kappa shape index (κ2) is 7.87. The molecule has 1 aromatic rings. The Morgan fingerprint density at radius 3 is 2.55 bits per heavy atom. The van der Waals surface area contributed by atoms with Crippen LogP contribution in [-0.2, 0) is 4.79 Å². The molecule has 0 heterocycles. The molecule has 3 nitrogen and oxygen atoms in total. The van der Waals surface area contributed by atoms with Crippen LogP contribution in [0.3, 0.4) is 0 Å². The van der Waals surface area contributed by atoms with Crippen molar-refractivity contribution >= 4 is 29.9 Å². The summed E-state index contributed by atoms with van der Waals surface area (Å²) in [4.78, 5) is 13.8. The SMILES string of the molecule is CC(c1ccc(Cl)cc1)N(C)C(=O)CNCC1CC1.Cl. The van der Waals surface area contributed by atoms with Crippen LogP contribution in [0.4, 0.5) is 0 Å². The first kappa shape index (κ1) is 17.3. The average molecular weight is 317 g/mol. The number of halogens is 2. The minimum atomic E-state index is 0. The molecule has 1 aliphatic carbocycles. The average Bonchev–Trinajstić information content (AvgIpc) is 3.22. The third-order valence-corrected chi connectivity index (χ3v) is 3.98. The molecule has 5 heteroatoms. The minimum Gasteiger partial charge on any atom is -0.338 e. The number of nitrogens with zero attached hydrogens (tertiary/aromatic N) is 1. The lowest BCUT2D eigenvalue weighted by atomic mass is 10.1. The Labute approximate surface area is 132 Å². The van der Waals surface area contributed by atoms with Gasteiger partial charge in [0, 0.05) is 12.1 Å². The van der Waals surface area contributed by atoms with Crippen molar-refractivity contribution in [1.82, 2.24) is 10.2 Å². The summed E-state index contributed by atoms with van der Waals surface area (Å²) in [7, 11) is 1.85. The number of carbonyl (C=O) groups excluding carboxylic acids is 1. The molecule has 1 unspecified atom stereocenters. The highest BCUT2D eigenvalue weighted by molar-refractivity contribution is 6.30. The number of carbonyl (C=O) groups is 1. The van der Waals surface area contributed by atoms with Crippen molar-refractivity contribution < 1.29 is 4.79 Å². The molecule has 0 radical (unpaired) electrons. The van der Waals surface area contributed by atoms with Gasteiger partial charge in [0.25, 0.3) is 0 Å². The lowest BCUT2D eigenvalue weighted by Crippen LogP contribution is -2.37. The topological polar surface area (TPSA) is 32.3 Å². The summed E-state index contributed by atoms with van der Waals surface area (Å²) in [5.74, 6) is 0.926. The number of benzene rings is 1. The molecule has 1 aromatic carbocycles. The van der Waals surface area contributed by atoms with Gasteiger partial charge in [0.2, 0.25) is 5.91 Å². The van der Waals surface area contributed by atoms with E-state index in [0.29, 0.717) is 6.54 Å². The first-order valence-electron chi connectivity index (χ1n) is 6.79. The third-order valence-electron chi connectivity index (χ3n) is 3.73. The maximum atomic E-state index is 12.1. The largest absolute Gasteiger partial charge is 0.338 e. The van der Waals surface area contributed by atoms with Gasteiger partial charge in [-0.3, -0.25) is 4.79 Å². The molecule has 1 atom stereocenters. The van der Waals surface area contributed by atoms with E-state index >= 15 is 0 Å². The fraction of sp³-hybridized carbons (Fsp3) is 0.533. The van der Waals surface area contributed by atoms with E-state index in [2.05, 4.69) is 5.32 Å². The molecule has 1 aliphatic rings. The number of likely N-dealkylation sites (N-methyl/N-ethyl adjacent to an activating group) is 1. The Hall–Kier alpha value is -0.770. The summed E-state index contributed by atoms with van der Waals surface area (Å²) in [6.45, 7) is 3.42. The lowest BCUT2D eigenvalue weighted by Gasteiger charge is -2.25. The summed E-state index contributed by atoms with van der Waals surface area (Å²) in [6.07, 6.45) is 2.61. The normalized spacial score (nSPS) is 15.3. The zero-order valence-electron chi connectivity index (χ0n) is 11.9. The van der Waals surface area contributed by atoms with E-state index in [-0.39, 0.29) is 24.4 Å². The van der Waals surface area contributed by atoms with Crippen molar-refractivity contribution in [1.29, 1.82) is 0 Å². The molecule has 0 bridgehead atoms. The molecule has 1 saturated carbocycles. The van der Waals surface area contributed by atoms with Gasteiger partial charge in [-0.25, -0.2) is 0 Å². The monoisotopic (exact) mass is 316 g/mol. The van der Waals surface area contributed by atoms with Crippen LogP contribution >= 0.6 is 24.0 Å². The lowest BCUT2D eigenvalue weighted by molar-refractivity contribution is -0.130. The highest BCUT2D eigenvalue weighted by atomic mass is 35.5. The van der Waals surface area contributed by atoms with Gasteiger partial charge in [-0.05, 0) is 49.9 Å². The smallest absolute Gasteiger partial charge is 0.236 e. The highest BCUT2D eigenvalue weighted by Crippen LogP contribution is 2.27. The van der Waals surface area contributed by atoms with E-state index in [4.69, 9.17) is 11.6 Å². The fourth-order valence-corrected chi connectivity index (χ4v) is 2.14. The van der Waals surface area contributed by atoms with Crippen molar-refractivity contribution in [3.05, 3.63) is 34.9 Å². The van der Waals surface area contributed by atoms with Gasteiger partial charge in [0.15, 0.2) is 0 Å². The molecule has 20 heavy (non-hydrogen) atoms. The van der Waals surface area contributed by atoms with Crippen molar-refractivity contribution in [3.8, 4) is 0 Å². The first-order chi connectivity index (χ1) is 9.08. The van der Waals surface area contributed by atoms with Crippen LogP contribution in [0.25, 0.3) is 0 Å². The number of amides is 1. The molecule has 112 valence electrons. The fourth-order valence-electron chi connectivity index (χ4n) is 2.01. The van der Waals surface area contributed by atoms with Crippen LogP contribution in [0.15, 0.2) is 24.3 Å². The Morgan fingerprint density at radius 2 is 2.00 bits per heavy atom. The van der Waals surface area contributed by atoms with Gasteiger partial charge in [-0.1, -0.05) is 23.7 Å². The van der Waals surface area contributed by atoms with Gasteiger partial charge in [-0.2, -0.15) is 0 Å². The standard InChI is InChI=1S/C15H21ClN2O.ClH/c1-11(13-5-7-14(16)8-6-13)18(2)15(19)10-17-9-12-3-4-12;/h5-8,11-12,17H,3-4,9-10H2,1-2H3;1H. The van der Waals surface area contributed by atoms with Gasteiger partial charge in [0.1, 0.15) is 0 Å². The minimum absolute atomic E-state index is 0. The molecular formula is C15H22Cl2N2O. The van der Waals surface area contributed by atoms with Gasteiger partial charge < -0.3 is 10.2 Å². The van der Waals surface area contributed by atoms with E-state index in [1.54, 1.807) is 4.90 Å². The highest BCUT2D eigenvalue weighted by Gasteiger charge is 2.22. The summed E-state index contributed by atoms with van der Waals surface area (Å²) < 4.78 is 0. The zero-order chi connectivity index (χ0) is 13.8. The molecular weight excluding hydrogens is 295 g/mol. The van der Waals surface area contributed by atoms with Gasteiger partial charge in [-0.15, -0.1) is 12.4 Å². The molecule has 0 aliphatic heterocycles. The molecule has 1 N–H and O–H groups in total. The number of rotatable bonds is 6. The van der Waals surface area contributed by atoms with Crippen LogP contribution in [0, 0.1) is 5.92 Å². The summed E-state index contributed by atoms with van der Waals surface area (Å²) in [6, 6.07) is 7.71. The number of nitrogens with one attached hydrogen (secondary N) is 1. The third kappa shape index (κ3) is 4.97. The predicted octanol–water partition coefficient (Wildman–Crippen LogP) is 3.28. The van der Waals surface area contributed by atoms with Crippen LogP contribution in [0.2, 0.25) is 5.02 Å². The maximum absolute atomic E-state index is 12.1. The second-order valence-electron chi connectivity index (χ2n) is 5.31. The summed E-state index contributed by atoms with van der Waals surface area (Å²) in [5, 5.41) is 3.95. The molecule has 1 fully saturated rings. The van der Waals surface area contributed by atoms with E-state index < -0.39 is 0 Å². The van der Waals surface area contributed by atoms with Crippen molar-refractivity contribution in [3.63, 3.8) is 0 Å². The van der Waals surface area contributed by atoms with Crippen LogP contribution in [-0.4, -0.2) is 30.9 Å². The van der Waals surface area contributed by atoms with E-state index in [1.165, 1.54) is 12.8 Å². The van der Waals surface area contributed by atoms with Crippen LogP contribution in [0.5, 0.6) is 0 Å².